The first-order chi connectivity index (χ1) is 30.3. The molecule has 3 N–H and O–H groups in total. The summed E-state index contributed by atoms with van der Waals surface area (Å²) in [5, 5.41) is 33.1. The number of nitrogens with zero attached hydrogens (tertiary/aromatic N) is 3. The molecule has 1 aromatic carbocycles. The summed E-state index contributed by atoms with van der Waals surface area (Å²) < 4.78 is 38.6. The van der Waals surface area contributed by atoms with E-state index in [1.54, 1.807) is 22.5 Å². The van der Waals surface area contributed by atoms with E-state index in [0.717, 1.165) is 37.3 Å². The van der Waals surface area contributed by atoms with Gasteiger partial charge in [-0.05, 0) is 93.6 Å². The molecule has 8 rings (SSSR count). The topological polar surface area (TPSA) is 229 Å². The fourth-order valence-corrected chi connectivity index (χ4v) is 12.1. The molecule has 0 spiro atoms. The Labute approximate surface area is 368 Å². The number of aromatic nitrogens is 1. The largest absolute Gasteiger partial charge is 0.492 e. The van der Waals surface area contributed by atoms with Crippen LogP contribution in [0.2, 0.25) is 0 Å². The standard InChI is InChI=1S/C46H56FN3O14/c1-24-20-48(39-32(47)18-29-38(41(39)61-4)50(26-6-7-26)21-30(40(29)56)42(57)58)15-16-49(24)43(59)64-23-63-36(55)10-9-35(54)62-22-34(53)46(60)14-12-31-28-8-5-25-17-27(51)11-13-44(25,2)37(28)33(52)19-45(31,46)3/h17-18,21,24,26,28,31,33,37,52,60H,5-16,19-20,22-23H2,1-4H3,(H,57,58)/t24?,28?,31?,33-,37?,44-,45-,46-/m0/s1. The number of esters is 2. The highest BCUT2D eigenvalue weighted by Crippen LogP contribution is 2.67. The van der Waals surface area contributed by atoms with Crippen molar-refractivity contribution in [2.24, 2.45) is 28.6 Å². The molecule has 0 bridgehead atoms. The minimum Gasteiger partial charge on any atom is -0.492 e. The number of anilines is 1. The molecule has 0 radical (unpaired) electrons. The maximum Gasteiger partial charge on any atom is 0.413 e. The third kappa shape index (κ3) is 7.63. The van der Waals surface area contributed by atoms with Crippen molar-refractivity contribution in [3.8, 4) is 5.75 Å². The lowest BCUT2D eigenvalue weighted by molar-refractivity contribution is -0.184. The van der Waals surface area contributed by atoms with E-state index in [2.05, 4.69) is 6.92 Å². The second-order valence-electron chi connectivity index (χ2n) is 19.0. The summed E-state index contributed by atoms with van der Waals surface area (Å²) in [6.07, 6.45) is 5.56. The van der Waals surface area contributed by atoms with Crippen LogP contribution in [0.1, 0.15) is 108 Å². The second kappa shape index (κ2) is 16.9. The number of ketones is 2. The number of rotatable bonds is 12. The summed E-state index contributed by atoms with van der Waals surface area (Å²) in [6.45, 7) is 4.55. The number of benzene rings is 1. The lowest BCUT2D eigenvalue weighted by Gasteiger charge is -2.60. The number of fused-ring (bicyclic) bond motifs is 6. The van der Waals surface area contributed by atoms with E-state index >= 15 is 4.39 Å². The Bertz CT molecular complexity index is 2400. The molecule has 4 saturated carbocycles. The lowest BCUT2D eigenvalue weighted by Crippen LogP contribution is -2.62. The van der Waals surface area contributed by atoms with Gasteiger partial charge in [0.25, 0.3) is 0 Å². The predicted octanol–water partition coefficient (Wildman–Crippen LogP) is 4.46. The van der Waals surface area contributed by atoms with Crippen molar-refractivity contribution in [2.75, 3.05) is 45.0 Å². The minimum absolute atomic E-state index is 0.0460. The summed E-state index contributed by atoms with van der Waals surface area (Å²) in [5.41, 5.74) is -2.95. The maximum absolute atomic E-state index is 15.9. The molecule has 5 fully saturated rings. The van der Waals surface area contributed by atoms with E-state index < -0.39 is 96.0 Å². The van der Waals surface area contributed by atoms with Crippen molar-refractivity contribution in [3.05, 3.63) is 45.5 Å². The molecule has 346 valence electrons. The summed E-state index contributed by atoms with van der Waals surface area (Å²) in [7, 11) is 1.34. The van der Waals surface area contributed by atoms with Gasteiger partial charge in [-0.2, -0.15) is 0 Å². The SMILES string of the molecule is COc1c(N2CCN(C(=O)OCOC(=O)CCC(=O)OCC(=O)[C@@]3(O)CCC4C5CCC6=CC(=O)CC[C@]6(C)C5[C@@H](O)C[C@@]43C)C(C)C2)c(F)cc2c(=O)c(C(=O)O)cn(C3CC3)c12. The number of piperazine rings is 1. The molecule has 64 heavy (non-hydrogen) atoms. The van der Waals surface area contributed by atoms with Gasteiger partial charge in [0, 0.05) is 49.8 Å². The van der Waals surface area contributed by atoms with E-state index in [0.29, 0.717) is 19.3 Å². The highest BCUT2D eigenvalue weighted by Gasteiger charge is 2.68. The maximum atomic E-state index is 15.9. The second-order valence-corrected chi connectivity index (χ2v) is 19.0. The zero-order valence-corrected chi connectivity index (χ0v) is 36.6. The number of carbonyl (C=O) groups excluding carboxylic acids is 5. The Morgan fingerprint density at radius 2 is 1.67 bits per heavy atom. The van der Waals surface area contributed by atoms with Crippen LogP contribution in [0.4, 0.5) is 14.9 Å². The van der Waals surface area contributed by atoms with Gasteiger partial charge in [0.05, 0.1) is 37.0 Å². The van der Waals surface area contributed by atoms with Gasteiger partial charge in [-0.15, -0.1) is 0 Å². The molecule has 2 heterocycles. The number of pyridine rings is 1. The highest BCUT2D eigenvalue weighted by molar-refractivity contribution is 5.97. The van der Waals surface area contributed by atoms with Gasteiger partial charge in [-0.1, -0.05) is 19.4 Å². The van der Waals surface area contributed by atoms with Crippen LogP contribution in [0, 0.1) is 34.4 Å². The van der Waals surface area contributed by atoms with E-state index in [-0.39, 0.29) is 89.8 Å². The molecule has 5 aliphatic carbocycles. The number of Topliss-reactive ketones (excluding diaryl/α,β-unsaturated/α-hetero) is 1. The van der Waals surface area contributed by atoms with Crippen molar-refractivity contribution in [2.45, 2.75) is 115 Å². The number of aromatic carboxylic acids is 1. The molecule has 4 unspecified atom stereocenters. The first-order valence-corrected chi connectivity index (χ1v) is 22.2. The Morgan fingerprint density at radius 1 is 0.953 bits per heavy atom. The average molecular weight is 894 g/mol. The molecule has 8 atom stereocenters. The predicted molar refractivity (Wildman–Crippen MR) is 224 cm³/mol. The Hall–Kier alpha value is -5.36. The quantitative estimate of drug-likeness (QED) is 0.198. The van der Waals surface area contributed by atoms with Crippen molar-refractivity contribution in [3.63, 3.8) is 0 Å². The zero-order valence-electron chi connectivity index (χ0n) is 36.6. The van der Waals surface area contributed by atoms with E-state index in [1.807, 2.05) is 6.92 Å². The van der Waals surface area contributed by atoms with Crippen LogP contribution in [0.25, 0.3) is 10.9 Å². The van der Waals surface area contributed by atoms with Crippen molar-refractivity contribution in [1.29, 1.82) is 0 Å². The number of halogens is 1. The van der Waals surface area contributed by atoms with Gasteiger partial charge < -0.3 is 48.6 Å². The van der Waals surface area contributed by atoms with E-state index in [4.69, 9.17) is 18.9 Å². The first kappa shape index (κ1) is 45.2. The molecule has 1 aromatic heterocycles. The van der Waals surface area contributed by atoms with Gasteiger partial charge >= 0.3 is 24.0 Å². The molecule has 1 saturated heterocycles. The number of hydrogen-bond donors (Lipinski definition) is 3. The number of hydrogen-bond acceptors (Lipinski definition) is 14. The first-order valence-electron chi connectivity index (χ1n) is 22.2. The van der Waals surface area contributed by atoms with Crippen LogP contribution >= 0.6 is 0 Å². The number of allylic oxidation sites excluding steroid dienone is 1. The Kier molecular flexibility index (Phi) is 11.9. The number of carboxylic acid groups (broad SMARTS) is 1. The number of methoxy groups -OCH3 is 1. The van der Waals surface area contributed by atoms with Gasteiger partial charge in [0.2, 0.25) is 18.0 Å². The fraction of sp³-hybridized carbons (Fsp3) is 0.630. The number of aliphatic hydroxyl groups excluding tert-OH is 1. The van der Waals surface area contributed by atoms with Crippen LogP contribution in [0.5, 0.6) is 5.75 Å². The summed E-state index contributed by atoms with van der Waals surface area (Å²) in [6, 6.07) is 0.420. The van der Waals surface area contributed by atoms with Crippen molar-refractivity contribution in [1.82, 2.24) is 9.47 Å². The van der Waals surface area contributed by atoms with Gasteiger partial charge in [0.15, 0.2) is 24.0 Å². The van der Waals surface area contributed by atoms with Gasteiger partial charge in [-0.25, -0.2) is 14.0 Å². The van der Waals surface area contributed by atoms with E-state index in [9.17, 15) is 48.9 Å². The highest BCUT2D eigenvalue weighted by atomic mass is 19.1. The summed E-state index contributed by atoms with van der Waals surface area (Å²) >= 11 is 0. The fourth-order valence-electron chi connectivity index (χ4n) is 12.1. The smallest absolute Gasteiger partial charge is 0.413 e. The number of carbonyl (C=O) groups is 6. The third-order valence-corrected chi connectivity index (χ3v) is 15.6. The molecule has 6 aliphatic rings. The van der Waals surface area contributed by atoms with Gasteiger partial charge in [-0.3, -0.25) is 24.0 Å². The molecule has 2 aromatic rings. The monoisotopic (exact) mass is 893 g/mol. The molecular formula is C46H56FN3O14. The summed E-state index contributed by atoms with van der Waals surface area (Å²) in [5.74, 6) is -4.50. The average Bonchev–Trinajstić information content (AvgIpc) is 4.05. The number of amides is 1. The van der Waals surface area contributed by atoms with Crippen LogP contribution in [0.3, 0.4) is 0 Å². The molecule has 18 heteroatoms. The number of carboxylic acids is 1. The normalized spacial score (nSPS) is 31.0. The van der Waals surface area contributed by atoms with Crippen LogP contribution in [0.15, 0.2) is 28.7 Å². The van der Waals surface area contributed by atoms with E-state index in [1.165, 1.54) is 18.2 Å². The van der Waals surface area contributed by atoms with Crippen LogP contribution in [-0.4, -0.2) is 118 Å². The molecule has 1 aliphatic heterocycles. The minimum atomic E-state index is -1.83. The van der Waals surface area contributed by atoms with Crippen LogP contribution < -0.4 is 15.1 Å². The zero-order chi connectivity index (χ0) is 46.0. The molecule has 17 nitrogen and oxygen atoms in total. The van der Waals surface area contributed by atoms with Gasteiger partial charge in [0.1, 0.15) is 16.9 Å². The third-order valence-electron chi connectivity index (χ3n) is 15.6. The molecule has 1 amide bonds. The molecular weight excluding hydrogens is 838 g/mol. The Balaban J connectivity index is 0.799. The Morgan fingerprint density at radius 3 is 2.34 bits per heavy atom. The lowest BCUT2D eigenvalue weighted by atomic mass is 9.45. The number of aliphatic hydroxyl groups is 2. The van der Waals surface area contributed by atoms with Crippen molar-refractivity contribution >= 4 is 52.2 Å². The van der Waals surface area contributed by atoms with Crippen molar-refractivity contribution < 1.29 is 67.4 Å². The van der Waals surface area contributed by atoms with Crippen LogP contribution in [-0.2, 0) is 33.4 Å². The number of ether oxygens (including phenoxy) is 4. The summed E-state index contributed by atoms with van der Waals surface area (Å²) in [4.78, 5) is 92.0.